The molecule has 0 aliphatic heterocycles. The van der Waals surface area contributed by atoms with Crippen LogP contribution in [0.15, 0.2) is 4.52 Å². The first-order valence-corrected chi connectivity index (χ1v) is 6.48. The zero-order chi connectivity index (χ0) is 13.9. The van der Waals surface area contributed by atoms with Crippen LogP contribution in [0.5, 0.6) is 0 Å². The molecule has 18 heavy (non-hydrogen) atoms. The van der Waals surface area contributed by atoms with E-state index in [-0.39, 0.29) is 17.6 Å². The van der Waals surface area contributed by atoms with Crippen LogP contribution in [0, 0.1) is 11.3 Å². The van der Waals surface area contributed by atoms with Crippen molar-refractivity contribution in [3.8, 4) is 0 Å². The zero-order valence-corrected chi connectivity index (χ0v) is 12.2. The molecule has 1 rings (SSSR count). The molecule has 0 aliphatic rings. The Morgan fingerprint density at radius 1 is 1.33 bits per heavy atom. The second-order valence-corrected chi connectivity index (χ2v) is 5.95. The van der Waals surface area contributed by atoms with E-state index in [1.165, 1.54) is 0 Å². The van der Waals surface area contributed by atoms with E-state index < -0.39 is 0 Å². The van der Waals surface area contributed by atoms with Crippen molar-refractivity contribution in [1.82, 2.24) is 10.1 Å². The molecule has 1 unspecified atom stereocenters. The van der Waals surface area contributed by atoms with Gasteiger partial charge in [-0.1, -0.05) is 39.8 Å². The van der Waals surface area contributed by atoms with Crippen molar-refractivity contribution in [1.29, 1.82) is 0 Å². The first-order chi connectivity index (χ1) is 8.27. The summed E-state index contributed by atoms with van der Waals surface area (Å²) < 4.78 is 10.9. The second-order valence-electron chi connectivity index (χ2n) is 5.95. The van der Waals surface area contributed by atoms with Gasteiger partial charge in [-0.2, -0.15) is 4.98 Å². The molecule has 1 heterocycles. The molecule has 0 fully saturated rings. The van der Waals surface area contributed by atoms with Gasteiger partial charge in [0.25, 0.3) is 0 Å². The lowest BCUT2D eigenvalue weighted by Crippen LogP contribution is -2.26. The number of ether oxygens (including phenoxy) is 1. The predicted octanol–water partition coefficient (Wildman–Crippen LogP) is 2.85. The maximum absolute atomic E-state index is 6.10. The maximum atomic E-state index is 6.10. The highest BCUT2D eigenvalue weighted by Crippen LogP contribution is 2.31. The van der Waals surface area contributed by atoms with Gasteiger partial charge in [-0.3, -0.25) is 0 Å². The molecule has 1 aromatic rings. The fourth-order valence-electron chi connectivity index (χ4n) is 1.60. The molecule has 0 saturated heterocycles. The molecule has 104 valence electrons. The second kappa shape index (κ2) is 5.80. The van der Waals surface area contributed by atoms with Crippen molar-refractivity contribution in [3.05, 3.63) is 11.7 Å². The standard InChI is InChI=1S/C13H25N3O2/c1-7-17-9(8(2)3)11-15-12(18-16-11)10(14)13(4,5)6/h8-10H,7,14H2,1-6H3/t9?,10-/m0/s1. The van der Waals surface area contributed by atoms with Crippen molar-refractivity contribution in [2.75, 3.05) is 6.61 Å². The van der Waals surface area contributed by atoms with E-state index in [2.05, 4.69) is 24.0 Å². The molecule has 0 aromatic carbocycles. The normalized spacial score (nSPS) is 16.0. The van der Waals surface area contributed by atoms with Gasteiger partial charge in [-0.25, -0.2) is 0 Å². The third-order valence-electron chi connectivity index (χ3n) is 2.86. The van der Waals surface area contributed by atoms with E-state index in [9.17, 15) is 0 Å². The van der Waals surface area contributed by atoms with Crippen LogP contribution in [0.4, 0.5) is 0 Å². The number of aromatic nitrogens is 2. The van der Waals surface area contributed by atoms with Crippen molar-refractivity contribution in [2.45, 2.75) is 53.7 Å². The molecule has 2 atom stereocenters. The van der Waals surface area contributed by atoms with Crippen LogP contribution < -0.4 is 5.73 Å². The van der Waals surface area contributed by atoms with Gasteiger partial charge in [-0.05, 0) is 18.3 Å². The summed E-state index contributed by atoms with van der Waals surface area (Å²) >= 11 is 0. The molecular formula is C13H25N3O2. The van der Waals surface area contributed by atoms with E-state index in [1.807, 2.05) is 27.7 Å². The summed E-state index contributed by atoms with van der Waals surface area (Å²) in [6.07, 6.45) is -0.139. The quantitative estimate of drug-likeness (QED) is 0.875. The fraction of sp³-hybridized carbons (Fsp3) is 0.846. The summed E-state index contributed by atoms with van der Waals surface area (Å²) in [6.45, 7) is 12.9. The van der Waals surface area contributed by atoms with Gasteiger partial charge in [-0.15, -0.1) is 0 Å². The largest absolute Gasteiger partial charge is 0.370 e. The average molecular weight is 255 g/mol. The van der Waals surface area contributed by atoms with Gasteiger partial charge < -0.3 is 15.0 Å². The Balaban J connectivity index is 2.91. The predicted molar refractivity (Wildman–Crippen MR) is 69.9 cm³/mol. The minimum absolute atomic E-state index is 0.108. The summed E-state index contributed by atoms with van der Waals surface area (Å²) in [5.74, 6) is 1.35. The Morgan fingerprint density at radius 3 is 2.39 bits per heavy atom. The summed E-state index contributed by atoms with van der Waals surface area (Å²) in [7, 11) is 0. The van der Waals surface area contributed by atoms with Crippen LogP contribution in [0.1, 0.15) is 65.4 Å². The van der Waals surface area contributed by atoms with Crippen LogP contribution in [0.2, 0.25) is 0 Å². The third kappa shape index (κ3) is 3.53. The number of rotatable bonds is 5. The third-order valence-corrected chi connectivity index (χ3v) is 2.86. The summed E-state index contributed by atoms with van der Waals surface area (Å²) in [6, 6.07) is -0.270. The van der Waals surface area contributed by atoms with Crippen molar-refractivity contribution >= 4 is 0 Å². The molecular weight excluding hydrogens is 230 g/mol. The van der Waals surface area contributed by atoms with Crippen molar-refractivity contribution < 1.29 is 9.26 Å². The molecule has 5 heteroatoms. The van der Waals surface area contributed by atoms with Crippen LogP contribution in [0.25, 0.3) is 0 Å². The number of nitrogens with zero attached hydrogens (tertiary/aromatic N) is 2. The summed E-state index contributed by atoms with van der Waals surface area (Å²) in [4.78, 5) is 4.39. The van der Waals surface area contributed by atoms with Gasteiger partial charge in [0.1, 0.15) is 6.10 Å². The minimum atomic E-state index is -0.270. The molecule has 1 aromatic heterocycles. The number of nitrogens with two attached hydrogens (primary N) is 1. The Labute approximate surface area is 109 Å². The molecule has 2 N–H and O–H groups in total. The number of hydrogen-bond donors (Lipinski definition) is 1. The highest BCUT2D eigenvalue weighted by molar-refractivity contribution is 4.99. The Kier molecular flexibility index (Phi) is 4.87. The SMILES string of the molecule is CCOC(c1noc([C@H](N)C(C)(C)C)n1)C(C)C. The lowest BCUT2D eigenvalue weighted by atomic mass is 9.87. The molecule has 0 aliphatic carbocycles. The highest BCUT2D eigenvalue weighted by Gasteiger charge is 2.29. The molecule has 0 spiro atoms. The van der Waals surface area contributed by atoms with Gasteiger partial charge in [0, 0.05) is 6.61 Å². The molecule has 0 saturated carbocycles. The lowest BCUT2D eigenvalue weighted by molar-refractivity contribution is 0.0217. The Morgan fingerprint density at radius 2 is 1.94 bits per heavy atom. The first kappa shape index (κ1) is 15.1. The van der Waals surface area contributed by atoms with Gasteiger partial charge in [0.15, 0.2) is 0 Å². The van der Waals surface area contributed by atoms with Crippen molar-refractivity contribution in [2.24, 2.45) is 17.1 Å². The van der Waals surface area contributed by atoms with Crippen LogP contribution in [0.3, 0.4) is 0 Å². The Hall–Kier alpha value is -0.940. The molecule has 5 nitrogen and oxygen atoms in total. The molecule has 0 radical (unpaired) electrons. The highest BCUT2D eigenvalue weighted by atomic mass is 16.5. The summed E-state index contributed by atoms with van der Waals surface area (Å²) in [5, 5.41) is 4.00. The number of hydrogen-bond acceptors (Lipinski definition) is 5. The van der Waals surface area contributed by atoms with E-state index >= 15 is 0 Å². The van der Waals surface area contributed by atoms with Crippen LogP contribution in [-0.2, 0) is 4.74 Å². The first-order valence-electron chi connectivity index (χ1n) is 6.48. The monoisotopic (exact) mass is 255 g/mol. The lowest BCUT2D eigenvalue weighted by Gasteiger charge is -2.23. The average Bonchev–Trinajstić information content (AvgIpc) is 2.71. The van der Waals surface area contributed by atoms with Gasteiger partial charge >= 0.3 is 0 Å². The van der Waals surface area contributed by atoms with E-state index in [4.69, 9.17) is 15.0 Å². The zero-order valence-electron chi connectivity index (χ0n) is 12.2. The Bertz CT molecular complexity index is 369. The van der Waals surface area contributed by atoms with Gasteiger partial charge in [0.05, 0.1) is 6.04 Å². The van der Waals surface area contributed by atoms with Crippen LogP contribution in [-0.4, -0.2) is 16.7 Å². The van der Waals surface area contributed by atoms with Gasteiger partial charge in [0.2, 0.25) is 11.7 Å². The van der Waals surface area contributed by atoms with Crippen molar-refractivity contribution in [3.63, 3.8) is 0 Å². The summed E-state index contributed by atoms with van der Waals surface area (Å²) in [5.41, 5.74) is 5.99. The smallest absolute Gasteiger partial charge is 0.244 e. The fourth-order valence-corrected chi connectivity index (χ4v) is 1.60. The minimum Gasteiger partial charge on any atom is -0.370 e. The topological polar surface area (TPSA) is 74.2 Å². The molecule has 0 amide bonds. The molecule has 0 bridgehead atoms. The van der Waals surface area contributed by atoms with E-state index in [0.29, 0.717) is 24.2 Å². The van der Waals surface area contributed by atoms with E-state index in [1.54, 1.807) is 0 Å². The van der Waals surface area contributed by atoms with E-state index in [0.717, 1.165) is 0 Å². The maximum Gasteiger partial charge on any atom is 0.244 e. The van der Waals surface area contributed by atoms with Crippen LogP contribution >= 0.6 is 0 Å².